The summed E-state index contributed by atoms with van der Waals surface area (Å²) in [5.41, 5.74) is 7.93. The molecule has 1 aliphatic heterocycles. The molecule has 8 nitrogen and oxygen atoms in total. The third-order valence-corrected chi connectivity index (χ3v) is 7.43. The van der Waals surface area contributed by atoms with Gasteiger partial charge < -0.3 is 5.73 Å². The molecule has 0 aliphatic carbocycles. The van der Waals surface area contributed by atoms with E-state index in [2.05, 4.69) is 11.1 Å². The Hall–Kier alpha value is -2.80. The number of hydrogen-bond donors (Lipinski definition) is 1. The number of nitrogens with two attached hydrogens (primary N) is 1. The monoisotopic (exact) mass is 441 g/mol. The second-order valence-corrected chi connectivity index (χ2v) is 10.0. The lowest BCUT2D eigenvalue weighted by molar-refractivity contribution is -0.125. The van der Waals surface area contributed by atoms with Crippen LogP contribution in [-0.4, -0.2) is 61.2 Å². The molecule has 2 N–H and O–H groups in total. The van der Waals surface area contributed by atoms with Crippen molar-refractivity contribution in [2.75, 3.05) is 20.6 Å². The lowest BCUT2D eigenvalue weighted by Crippen LogP contribution is -2.52. The first-order valence-electron chi connectivity index (χ1n) is 10.2. The first kappa shape index (κ1) is 22.9. The fourth-order valence-corrected chi connectivity index (χ4v) is 4.72. The number of pyridine rings is 1. The number of nitriles is 1. The number of likely N-dealkylation sites (tertiary alicyclic amines) is 1. The van der Waals surface area contributed by atoms with Gasteiger partial charge in [-0.05, 0) is 36.6 Å². The maximum Gasteiger partial charge on any atom is 0.242 e. The van der Waals surface area contributed by atoms with Gasteiger partial charge in [0.25, 0.3) is 0 Å². The zero-order chi connectivity index (χ0) is 22.6. The number of amides is 1. The summed E-state index contributed by atoms with van der Waals surface area (Å²) >= 11 is 0. The molecule has 0 spiro atoms. The zero-order valence-electron chi connectivity index (χ0n) is 17.7. The average molecular weight is 442 g/mol. The molecule has 1 fully saturated rings. The largest absolute Gasteiger partial charge is 0.368 e. The van der Waals surface area contributed by atoms with Gasteiger partial charge in [0.05, 0.1) is 22.7 Å². The smallest absolute Gasteiger partial charge is 0.242 e. The van der Waals surface area contributed by atoms with E-state index in [9.17, 15) is 18.5 Å². The lowest BCUT2D eigenvalue weighted by Gasteiger charge is -2.36. The molecule has 164 valence electrons. The van der Waals surface area contributed by atoms with Gasteiger partial charge >= 0.3 is 0 Å². The molecule has 2 atom stereocenters. The molecular formula is C22H27N5O3S. The van der Waals surface area contributed by atoms with Crippen molar-refractivity contribution >= 4 is 15.9 Å². The Morgan fingerprint density at radius 1 is 1.26 bits per heavy atom. The van der Waals surface area contributed by atoms with Gasteiger partial charge in [0.2, 0.25) is 15.9 Å². The van der Waals surface area contributed by atoms with Crippen LogP contribution < -0.4 is 5.73 Å². The van der Waals surface area contributed by atoms with E-state index in [0.717, 1.165) is 24.0 Å². The predicted octanol–water partition coefficient (Wildman–Crippen LogP) is 1.77. The van der Waals surface area contributed by atoms with E-state index >= 15 is 0 Å². The van der Waals surface area contributed by atoms with Crippen molar-refractivity contribution in [3.8, 4) is 17.3 Å². The van der Waals surface area contributed by atoms with Crippen LogP contribution in [0.15, 0.2) is 47.5 Å². The Labute approximate surface area is 183 Å². The minimum absolute atomic E-state index is 0.222. The first-order chi connectivity index (χ1) is 14.7. The molecular weight excluding hydrogens is 414 g/mol. The van der Waals surface area contributed by atoms with Crippen LogP contribution in [0.4, 0.5) is 0 Å². The van der Waals surface area contributed by atoms with E-state index in [4.69, 9.17) is 5.73 Å². The van der Waals surface area contributed by atoms with Gasteiger partial charge in [0, 0.05) is 38.8 Å². The Balaban J connectivity index is 1.74. The van der Waals surface area contributed by atoms with Crippen LogP contribution in [0.5, 0.6) is 0 Å². The van der Waals surface area contributed by atoms with Crippen LogP contribution >= 0.6 is 0 Å². The van der Waals surface area contributed by atoms with Crippen molar-refractivity contribution in [1.29, 1.82) is 5.26 Å². The summed E-state index contributed by atoms with van der Waals surface area (Å²) in [5.74, 6) is -0.381. The molecule has 1 unspecified atom stereocenters. The number of primary amides is 1. The predicted molar refractivity (Wildman–Crippen MR) is 117 cm³/mol. The third-order valence-electron chi connectivity index (χ3n) is 5.60. The second kappa shape index (κ2) is 9.56. The number of rotatable bonds is 7. The van der Waals surface area contributed by atoms with E-state index in [-0.39, 0.29) is 10.8 Å². The van der Waals surface area contributed by atoms with Gasteiger partial charge in [-0.2, -0.15) is 5.26 Å². The number of nitrogens with zero attached hydrogens (tertiary/aromatic N) is 4. The molecule has 1 aliphatic rings. The Morgan fingerprint density at radius 2 is 1.97 bits per heavy atom. The summed E-state index contributed by atoms with van der Waals surface area (Å²) in [6.07, 6.45) is 4.73. The molecule has 9 heteroatoms. The van der Waals surface area contributed by atoms with Crippen LogP contribution in [0, 0.1) is 11.3 Å². The Kier molecular flexibility index (Phi) is 7.05. The fraction of sp³-hybridized carbons (Fsp3) is 0.409. The van der Waals surface area contributed by atoms with Gasteiger partial charge in [-0.1, -0.05) is 24.6 Å². The normalized spacial score (nSPS) is 18.5. The highest BCUT2D eigenvalue weighted by Crippen LogP contribution is 2.23. The van der Waals surface area contributed by atoms with Crippen LogP contribution in [-0.2, 0) is 21.2 Å². The summed E-state index contributed by atoms with van der Waals surface area (Å²) in [6.45, 7) is 0.680. The molecule has 1 saturated heterocycles. The van der Waals surface area contributed by atoms with E-state index in [1.165, 1.54) is 18.4 Å². The van der Waals surface area contributed by atoms with Crippen LogP contribution in [0.3, 0.4) is 0 Å². The molecule has 1 aromatic carbocycles. The highest BCUT2D eigenvalue weighted by atomic mass is 32.2. The number of piperidine rings is 1. The van der Waals surface area contributed by atoms with Gasteiger partial charge in [0.15, 0.2) is 0 Å². The minimum Gasteiger partial charge on any atom is -0.368 e. The molecule has 0 saturated carbocycles. The Bertz CT molecular complexity index is 1060. The number of benzene rings is 1. The van der Waals surface area contributed by atoms with Crippen LogP contribution in [0.1, 0.15) is 24.8 Å². The van der Waals surface area contributed by atoms with Crippen molar-refractivity contribution in [1.82, 2.24) is 14.2 Å². The zero-order valence-corrected chi connectivity index (χ0v) is 18.5. The maximum atomic E-state index is 12.2. The van der Waals surface area contributed by atoms with Crippen molar-refractivity contribution in [3.05, 3.63) is 48.2 Å². The molecule has 1 aromatic heterocycles. The summed E-state index contributed by atoms with van der Waals surface area (Å²) in [6, 6.07) is 11.8. The van der Waals surface area contributed by atoms with Crippen LogP contribution in [0.2, 0.25) is 0 Å². The molecule has 0 bridgehead atoms. The van der Waals surface area contributed by atoms with Crippen molar-refractivity contribution in [2.24, 2.45) is 5.73 Å². The number of aromatic nitrogens is 1. The molecule has 2 aromatic rings. The number of sulfonamides is 1. The van der Waals surface area contributed by atoms with E-state index in [1.54, 1.807) is 30.5 Å². The standard InChI is InChI=1S/C22H27N5O3S/c1-26(2)31(29,30)19-9-7-17(8-10-19)20-11-6-16(15-25-20)13-18(14-23)27-12-4-3-5-21(27)22(24)28/h6-11,15,18,21H,3-5,12-13H2,1-2H3,(H2,24,28)/t18-,21?/m0/s1. The van der Waals surface area contributed by atoms with E-state index < -0.39 is 22.1 Å². The Morgan fingerprint density at radius 3 is 2.52 bits per heavy atom. The van der Waals surface area contributed by atoms with Gasteiger partial charge in [-0.15, -0.1) is 0 Å². The van der Waals surface area contributed by atoms with Gasteiger partial charge in [-0.25, -0.2) is 12.7 Å². The lowest BCUT2D eigenvalue weighted by atomic mass is 9.97. The summed E-state index contributed by atoms with van der Waals surface area (Å²) in [7, 11) is -0.488. The highest BCUT2D eigenvalue weighted by molar-refractivity contribution is 7.89. The van der Waals surface area contributed by atoms with E-state index in [0.29, 0.717) is 25.1 Å². The quantitative estimate of drug-likeness (QED) is 0.699. The average Bonchev–Trinajstić information content (AvgIpc) is 2.78. The number of carbonyl (C=O) groups is 1. The topological polar surface area (TPSA) is 120 Å². The molecule has 0 radical (unpaired) electrons. The SMILES string of the molecule is CN(C)S(=O)(=O)c1ccc(-c2ccc(C[C@@H](C#N)N3CCCCC3C(N)=O)cn2)cc1. The van der Waals surface area contributed by atoms with Crippen molar-refractivity contribution in [2.45, 2.75) is 42.7 Å². The molecule has 2 heterocycles. The second-order valence-electron chi connectivity index (χ2n) is 7.86. The number of hydrogen-bond acceptors (Lipinski definition) is 6. The number of carbonyl (C=O) groups excluding carboxylic acids is 1. The van der Waals surface area contributed by atoms with E-state index in [1.807, 2.05) is 17.0 Å². The molecule has 31 heavy (non-hydrogen) atoms. The maximum absolute atomic E-state index is 12.2. The van der Waals surface area contributed by atoms with Gasteiger partial charge in [-0.3, -0.25) is 14.7 Å². The summed E-state index contributed by atoms with van der Waals surface area (Å²) in [4.78, 5) is 18.4. The minimum atomic E-state index is -3.48. The van der Waals surface area contributed by atoms with Gasteiger partial charge in [0.1, 0.15) is 6.04 Å². The molecule has 1 amide bonds. The van der Waals surface area contributed by atoms with Crippen molar-refractivity contribution in [3.63, 3.8) is 0 Å². The third kappa shape index (κ3) is 5.10. The molecule has 3 rings (SSSR count). The fourth-order valence-electron chi connectivity index (χ4n) is 3.82. The highest BCUT2D eigenvalue weighted by Gasteiger charge is 2.32. The summed E-state index contributed by atoms with van der Waals surface area (Å²) in [5, 5.41) is 9.69. The first-order valence-corrected chi connectivity index (χ1v) is 11.6. The van der Waals surface area contributed by atoms with Crippen LogP contribution in [0.25, 0.3) is 11.3 Å². The summed E-state index contributed by atoms with van der Waals surface area (Å²) < 4.78 is 25.6. The van der Waals surface area contributed by atoms with Crippen molar-refractivity contribution < 1.29 is 13.2 Å².